The second-order valence-corrected chi connectivity index (χ2v) is 6.56. The highest BCUT2D eigenvalue weighted by Crippen LogP contribution is 2.32. The van der Waals surface area contributed by atoms with Gasteiger partial charge in [0.1, 0.15) is 23.0 Å². The average Bonchev–Trinajstić information content (AvgIpc) is 2.73. The molecule has 0 atom stereocenters. The molecule has 0 unspecified atom stereocenters. The summed E-state index contributed by atoms with van der Waals surface area (Å²) in [5.41, 5.74) is 0.326. The number of carbonyl (C=O) groups is 1. The van der Waals surface area contributed by atoms with E-state index in [1.807, 2.05) is 0 Å². The highest BCUT2D eigenvalue weighted by molar-refractivity contribution is 5.93. The van der Waals surface area contributed by atoms with Crippen LogP contribution in [0.1, 0.15) is 12.8 Å². The Morgan fingerprint density at radius 3 is 2.68 bits per heavy atom. The molecule has 1 saturated heterocycles. The summed E-state index contributed by atoms with van der Waals surface area (Å²) in [6.07, 6.45) is 3.16. The van der Waals surface area contributed by atoms with E-state index < -0.39 is 4.92 Å². The Morgan fingerprint density at radius 2 is 2.00 bits per heavy atom. The van der Waals surface area contributed by atoms with E-state index in [2.05, 4.69) is 15.6 Å². The molecule has 2 N–H and O–H groups in total. The number of piperidine rings is 1. The third kappa shape index (κ3) is 4.37. The van der Waals surface area contributed by atoms with Gasteiger partial charge in [0.25, 0.3) is 5.69 Å². The number of ether oxygens (including phenoxy) is 1. The maximum Gasteiger partial charge on any atom is 0.296 e. The van der Waals surface area contributed by atoms with Gasteiger partial charge in [-0.2, -0.15) is 0 Å². The number of rotatable bonds is 6. The molecule has 9 heteroatoms. The Morgan fingerprint density at radius 1 is 1.29 bits per heavy atom. The molecule has 1 aliphatic rings. The quantitative estimate of drug-likeness (QED) is 0.581. The maximum atomic E-state index is 12.7. The van der Waals surface area contributed by atoms with E-state index in [9.17, 15) is 14.9 Å². The topological polar surface area (TPSA) is 110 Å². The second kappa shape index (κ2) is 8.66. The number of anilines is 2. The van der Waals surface area contributed by atoms with E-state index in [0.29, 0.717) is 23.0 Å². The van der Waals surface area contributed by atoms with Crippen LogP contribution >= 0.6 is 0 Å². The molecule has 1 aromatic carbocycles. The number of pyridine rings is 1. The van der Waals surface area contributed by atoms with Crippen LogP contribution in [-0.2, 0) is 4.79 Å². The van der Waals surface area contributed by atoms with E-state index in [-0.39, 0.29) is 17.5 Å². The van der Waals surface area contributed by atoms with Gasteiger partial charge < -0.3 is 15.4 Å². The Bertz CT molecular complexity index is 867. The molecular formula is C19H23N5O4. The molecule has 2 heterocycles. The molecule has 1 amide bonds. The van der Waals surface area contributed by atoms with Gasteiger partial charge in [0.15, 0.2) is 0 Å². The number of nitrogens with one attached hydrogen (secondary N) is 2. The lowest BCUT2D eigenvalue weighted by Gasteiger charge is -2.26. The van der Waals surface area contributed by atoms with E-state index in [1.165, 1.54) is 11.0 Å². The standard InChI is InChI=1S/C19H23N5O4/c1-20-16-4-3-14(11-17(16)24(26)27)28-15-7-10-22-18(12-15)23(2)19(25)13-5-8-21-9-6-13/h3-4,7,10-13,20-21H,5-6,8-9H2,1-2H3. The predicted octanol–water partition coefficient (Wildman–Crippen LogP) is 2.79. The first-order chi connectivity index (χ1) is 13.5. The monoisotopic (exact) mass is 385 g/mol. The summed E-state index contributed by atoms with van der Waals surface area (Å²) >= 11 is 0. The van der Waals surface area contributed by atoms with Crippen molar-refractivity contribution in [1.82, 2.24) is 10.3 Å². The van der Waals surface area contributed by atoms with Crippen LogP contribution in [0.25, 0.3) is 0 Å². The summed E-state index contributed by atoms with van der Waals surface area (Å²) < 4.78 is 5.76. The van der Waals surface area contributed by atoms with Crippen molar-refractivity contribution in [2.45, 2.75) is 12.8 Å². The van der Waals surface area contributed by atoms with Crippen LogP contribution < -0.4 is 20.3 Å². The molecule has 2 aromatic rings. The molecule has 0 saturated carbocycles. The molecule has 0 radical (unpaired) electrons. The van der Waals surface area contributed by atoms with Gasteiger partial charge >= 0.3 is 0 Å². The first-order valence-corrected chi connectivity index (χ1v) is 9.08. The van der Waals surface area contributed by atoms with Crippen LogP contribution in [0.4, 0.5) is 17.2 Å². The lowest BCUT2D eigenvalue weighted by Crippen LogP contribution is -2.39. The lowest BCUT2D eigenvalue weighted by molar-refractivity contribution is -0.384. The van der Waals surface area contributed by atoms with Crippen molar-refractivity contribution in [2.75, 3.05) is 37.4 Å². The first-order valence-electron chi connectivity index (χ1n) is 9.08. The van der Waals surface area contributed by atoms with E-state index in [4.69, 9.17) is 4.74 Å². The normalized spacial score (nSPS) is 14.4. The third-order valence-corrected chi connectivity index (χ3v) is 4.75. The number of aromatic nitrogens is 1. The molecule has 0 spiro atoms. The SMILES string of the molecule is CNc1ccc(Oc2ccnc(N(C)C(=O)C3CCNCC3)c2)cc1[N+](=O)[O-]. The Labute approximate surface area is 162 Å². The van der Waals surface area contributed by atoms with Gasteiger partial charge in [-0.3, -0.25) is 19.8 Å². The van der Waals surface area contributed by atoms with Crippen LogP contribution in [0.2, 0.25) is 0 Å². The van der Waals surface area contributed by atoms with Crippen molar-refractivity contribution in [3.63, 3.8) is 0 Å². The summed E-state index contributed by atoms with van der Waals surface area (Å²) in [4.78, 5) is 29.2. The van der Waals surface area contributed by atoms with E-state index in [0.717, 1.165) is 25.9 Å². The minimum absolute atomic E-state index is 0.0191. The number of hydrogen-bond donors (Lipinski definition) is 2. The first kappa shape index (κ1) is 19.6. The summed E-state index contributed by atoms with van der Waals surface area (Å²) in [6, 6.07) is 7.88. The number of carbonyl (C=O) groups excluding carboxylic acids is 1. The molecule has 0 bridgehead atoms. The lowest BCUT2D eigenvalue weighted by atomic mass is 9.97. The summed E-state index contributed by atoms with van der Waals surface area (Å²) in [7, 11) is 3.32. The fraction of sp³-hybridized carbons (Fsp3) is 0.368. The number of benzene rings is 1. The third-order valence-electron chi connectivity index (χ3n) is 4.75. The molecule has 1 aliphatic heterocycles. The van der Waals surface area contributed by atoms with Crippen molar-refractivity contribution in [1.29, 1.82) is 0 Å². The summed E-state index contributed by atoms with van der Waals surface area (Å²) in [5.74, 6) is 1.26. The number of amides is 1. The molecule has 148 valence electrons. The largest absolute Gasteiger partial charge is 0.457 e. The highest BCUT2D eigenvalue weighted by atomic mass is 16.6. The molecule has 1 aromatic heterocycles. The molecule has 3 rings (SSSR count). The zero-order valence-electron chi connectivity index (χ0n) is 15.8. The molecule has 0 aliphatic carbocycles. The minimum Gasteiger partial charge on any atom is -0.457 e. The number of hydrogen-bond acceptors (Lipinski definition) is 7. The fourth-order valence-electron chi connectivity index (χ4n) is 3.18. The number of nitro groups is 1. The van der Waals surface area contributed by atoms with Crippen molar-refractivity contribution < 1.29 is 14.5 Å². The van der Waals surface area contributed by atoms with Crippen molar-refractivity contribution >= 4 is 23.1 Å². The van der Waals surface area contributed by atoms with E-state index in [1.54, 1.807) is 44.6 Å². The molecular weight excluding hydrogens is 362 g/mol. The maximum absolute atomic E-state index is 12.7. The van der Waals surface area contributed by atoms with Crippen LogP contribution in [0.15, 0.2) is 36.5 Å². The van der Waals surface area contributed by atoms with Gasteiger partial charge in [-0.1, -0.05) is 0 Å². The van der Waals surface area contributed by atoms with Gasteiger partial charge in [-0.25, -0.2) is 4.98 Å². The fourth-order valence-corrected chi connectivity index (χ4v) is 3.18. The van der Waals surface area contributed by atoms with E-state index >= 15 is 0 Å². The average molecular weight is 385 g/mol. The zero-order chi connectivity index (χ0) is 20.1. The van der Waals surface area contributed by atoms with Gasteiger partial charge in [0, 0.05) is 32.3 Å². The molecule has 1 fully saturated rings. The zero-order valence-corrected chi connectivity index (χ0v) is 15.8. The van der Waals surface area contributed by atoms with Gasteiger partial charge in [-0.05, 0) is 44.1 Å². The highest BCUT2D eigenvalue weighted by Gasteiger charge is 2.25. The van der Waals surface area contributed by atoms with Gasteiger partial charge in [0.2, 0.25) is 5.91 Å². The van der Waals surface area contributed by atoms with Gasteiger partial charge in [-0.15, -0.1) is 0 Å². The van der Waals surface area contributed by atoms with Crippen molar-refractivity contribution in [2.24, 2.45) is 5.92 Å². The Kier molecular flexibility index (Phi) is 6.05. The van der Waals surface area contributed by atoms with Crippen LogP contribution in [0, 0.1) is 16.0 Å². The van der Waals surface area contributed by atoms with Crippen LogP contribution in [-0.4, -0.2) is 43.0 Å². The Balaban J connectivity index is 1.77. The molecule has 28 heavy (non-hydrogen) atoms. The van der Waals surface area contributed by atoms with Gasteiger partial charge in [0.05, 0.1) is 11.0 Å². The second-order valence-electron chi connectivity index (χ2n) is 6.56. The van der Waals surface area contributed by atoms with Crippen LogP contribution in [0.3, 0.4) is 0 Å². The summed E-state index contributed by atoms with van der Waals surface area (Å²) in [6.45, 7) is 1.67. The Hall–Kier alpha value is -3.20. The summed E-state index contributed by atoms with van der Waals surface area (Å²) in [5, 5.41) is 17.2. The molecule has 9 nitrogen and oxygen atoms in total. The predicted molar refractivity (Wildman–Crippen MR) is 106 cm³/mol. The number of nitrogens with zero attached hydrogens (tertiary/aromatic N) is 3. The van der Waals surface area contributed by atoms with Crippen molar-refractivity contribution in [3.8, 4) is 11.5 Å². The smallest absolute Gasteiger partial charge is 0.296 e. The van der Waals surface area contributed by atoms with Crippen molar-refractivity contribution in [3.05, 3.63) is 46.6 Å². The van der Waals surface area contributed by atoms with Crippen LogP contribution in [0.5, 0.6) is 11.5 Å². The number of nitro benzene ring substituents is 1. The minimum atomic E-state index is -0.470.